The molecule has 0 radical (unpaired) electrons. The Kier molecular flexibility index (Phi) is 8.22. The van der Waals surface area contributed by atoms with Crippen molar-refractivity contribution >= 4 is 29.6 Å². The van der Waals surface area contributed by atoms with Crippen molar-refractivity contribution in [2.75, 3.05) is 19.6 Å². The lowest BCUT2D eigenvalue weighted by molar-refractivity contribution is -0.187. The van der Waals surface area contributed by atoms with E-state index < -0.39 is 72.2 Å². The number of nitrogens with zero attached hydrogens (tertiary/aromatic N) is 2. The van der Waals surface area contributed by atoms with Gasteiger partial charge in [0.15, 0.2) is 11.4 Å². The maximum absolute atomic E-state index is 13.6. The number of allylic oxidation sites excluding steroid dienone is 3. The number of carbonyl (C=O) groups is 5. The van der Waals surface area contributed by atoms with E-state index in [1.807, 2.05) is 0 Å². The first kappa shape index (κ1) is 29.7. The fourth-order valence-corrected chi connectivity index (χ4v) is 5.18. The molecule has 1 saturated heterocycles. The molecule has 0 bridgehead atoms. The van der Waals surface area contributed by atoms with Crippen LogP contribution in [0.25, 0.3) is 0 Å². The minimum absolute atomic E-state index is 0.0140. The number of ether oxygens (including phenoxy) is 1. The van der Waals surface area contributed by atoms with Crippen molar-refractivity contribution in [2.24, 2.45) is 5.92 Å². The third kappa shape index (κ3) is 6.41. The van der Waals surface area contributed by atoms with Crippen molar-refractivity contribution in [3.8, 4) is 0 Å². The van der Waals surface area contributed by atoms with Crippen molar-refractivity contribution in [2.45, 2.75) is 51.1 Å². The zero-order chi connectivity index (χ0) is 30.1. The number of hydrogen-bond donors (Lipinski definition) is 2. The van der Waals surface area contributed by atoms with Gasteiger partial charge in [0.05, 0.1) is 18.8 Å². The zero-order valence-corrected chi connectivity index (χ0v) is 22.2. The molecule has 2 fully saturated rings. The average molecular weight is 581 g/mol. The van der Waals surface area contributed by atoms with Crippen molar-refractivity contribution in [1.82, 2.24) is 20.4 Å². The van der Waals surface area contributed by atoms with Gasteiger partial charge in [0.1, 0.15) is 18.4 Å². The molecule has 2 aliphatic carbocycles. The lowest BCUT2D eigenvalue weighted by Gasteiger charge is -2.32. The third-order valence-electron chi connectivity index (χ3n) is 7.36. The van der Waals surface area contributed by atoms with E-state index in [0.717, 1.165) is 24.0 Å². The Balaban J connectivity index is 1.48. The Hall–Kier alpha value is -4.23. The summed E-state index contributed by atoms with van der Waals surface area (Å²) in [7, 11) is 0. The van der Waals surface area contributed by atoms with Gasteiger partial charge in [-0.1, -0.05) is 18.2 Å². The van der Waals surface area contributed by atoms with Gasteiger partial charge in [-0.3, -0.25) is 24.1 Å². The van der Waals surface area contributed by atoms with Crippen LogP contribution in [-0.2, 0) is 30.5 Å². The molecule has 14 heteroatoms. The Morgan fingerprint density at radius 1 is 1.17 bits per heavy atom. The summed E-state index contributed by atoms with van der Waals surface area (Å²) in [5.74, 6) is -3.70. The molecule has 3 aliphatic rings. The summed E-state index contributed by atoms with van der Waals surface area (Å²) in [5.41, 5.74) is -0.498. The number of benzene rings is 1. The van der Waals surface area contributed by atoms with E-state index in [9.17, 15) is 41.5 Å². The van der Waals surface area contributed by atoms with Gasteiger partial charge in [-0.25, -0.2) is 9.18 Å². The van der Waals surface area contributed by atoms with E-state index in [-0.39, 0.29) is 37.2 Å². The number of hydrogen-bond acceptors (Lipinski definition) is 6. The lowest BCUT2D eigenvalue weighted by atomic mass is 9.85. The van der Waals surface area contributed by atoms with Crippen LogP contribution in [0.2, 0.25) is 0 Å². The maximum atomic E-state index is 13.6. The zero-order valence-electron chi connectivity index (χ0n) is 22.2. The van der Waals surface area contributed by atoms with E-state index in [2.05, 4.69) is 10.6 Å². The smallest absolute Gasteiger partial charge is 0.411 e. The summed E-state index contributed by atoms with van der Waals surface area (Å²) in [6.45, 7) is 0.424. The highest BCUT2D eigenvalue weighted by Gasteiger charge is 2.56. The molecular formula is C27H28F4N4O6. The van der Waals surface area contributed by atoms with Crippen LogP contribution in [0.3, 0.4) is 0 Å². The molecule has 3 atom stereocenters. The second kappa shape index (κ2) is 11.3. The minimum Gasteiger partial charge on any atom is -0.436 e. The van der Waals surface area contributed by atoms with Gasteiger partial charge in [0.2, 0.25) is 17.7 Å². The van der Waals surface area contributed by atoms with Crippen LogP contribution < -0.4 is 10.6 Å². The fraction of sp³-hybridized carbons (Fsp3) is 0.444. The molecule has 4 amide bonds. The molecular weight excluding hydrogens is 552 g/mol. The first-order valence-electron chi connectivity index (χ1n) is 12.8. The van der Waals surface area contributed by atoms with Crippen molar-refractivity contribution in [3.63, 3.8) is 0 Å². The molecule has 41 heavy (non-hydrogen) atoms. The van der Waals surface area contributed by atoms with Gasteiger partial charge in [-0.05, 0) is 49.1 Å². The normalized spacial score (nSPS) is 22.5. The molecule has 2 N–H and O–H groups in total. The SMILES string of the molecule is CC(=O)NCC(=O)NC1=CC=C2C(CC[C@]23CN(CC(=O)N(Cc2ccc(F)cc2)[C@@H](C)C(F)(F)F)C(=O)O3)C1=O. The van der Waals surface area contributed by atoms with Crippen molar-refractivity contribution in [1.29, 1.82) is 0 Å². The molecule has 4 rings (SSSR count). The maximum Gasteiger partial charge on any atom is 0.411 e. The first-order valence-corrected chi connectivity index (χ1v) is 12.8. The Morgan fingerprint density at radius 2 is 1.85 bits per heavy atom. The van der Waals surface area contributed by atoms with E-state index in [1.54, 1.807) is 6.08 Å². The molecule has 1 unspecified atom stereocenters. The second-order valence-electron chi connectivity index (χ2n) is 10.2. The number of halogens is 4. The van der Waals surface area contributed by atoms with Crippen LogP contribution >= 0.6 is 0 Å². The quantitative estimate of drug-likeness (QED) is 0.455. The number of nitrogens with one attached hydrogen (secondary N) is 2. The summed E-state index contributed by atoms with van der Waals surface area (Å²) in [6.07, 6.45) is -2.24. The predicted octanol–water partition coefficient (Wildman–Crippen LogP) is 2.35. The van der Waals surface area contributed by atoms with Gasteiger partial charge in [0.25, 0.3) is 0 Å². The Bertz CT molecular complexity index is 1330. The topological polar surface area (TPSA) is 125 Å². The Morgan fingerprint density at radius 3 is 2.49 bits per heavy atom. The van der Waals surface area contributed by atoms with Gasteiger partial charge >= 0.3 is 12.3 Å². The van der Waals surface area contributed by atoms with Crippen LogP contribution in [0.4, 0.5) is 22.4 Å². The second-order valence-corrected chi connectivity index (χ2v) is 10.2. The van der Waals surface area contributed by atoms with Gasteiger partial charge in [-0.2, -0.15) is 13.2 Å². The monoisotopic (exact) mass is 580 g/mol. The van der Waals surface area contributed by atoms with Crippen LogP contribution in [-0.4, -0.2) is 76.9 Å². The fourth-order valence-electron chi connectivity index (χ4n) is 5.18. The summed E-state index contributed by atoms with van der Waals surface area (Å²) >= 11 is 0. The van der Waals surface area contributed by atoms with E-state index in [1.165, 1.54) is 25.1 Å². The standard InChI is InChI=1S/C27H28F4N4O6/c1-15(27(29,30)31)35(12-17-3-5-18(28)6-4-17)23(38)13-34-14-26(41-25(34)40)10-9-19-20(26)7-8-21(24(19)39)33-22(37)11-32-16(2)36/h3-8,15,19H,9-14H2,1-2H3,(H,32,36)(H,33,37)/t15-,19?,26-/m0/s1. The summed E-state index contributed by atoms with van der Waals surface area (Å²) < 4.78 is 59.8. The third-order valence-corrected chi connectivity index (χ3v) is 7.36. The molecule has 1 spiro atoms. The summed E-state index contributed by atoms with van der Waals surface area (Å²) in [5, 5.41) is 4.77. The highest BCUT2D eigenvalue weighted by Crippen LogP contribution is 2.48. The molecule has 1 saturated carbocycles. The van der Waals surface area contributed by atoms with Gasteiger partial charge in [0, 0.05) is 19.4 Å². The number of ketones is 1. The number of rotatable bonds is 8. The van der Waals surface area contributed by atoms with Crippen LogP contribution in [0.1, 0.15) is 32.3 Å². The number of amides is 4. The predicted molar refractivity (Wildman–Crippen MR) is 134 cm³/mol. The molecule has 10 nitrogen and oxygen atoms in total. The molecule has 220 valence electrons. The van der Waals surface area contributed by atoms with Crippen LogP contribution in [0.5, 0.6) is 0 Å². The van der Waals surface area contributed by atoms with Crippen LogP contribution in [0.15, 0.2) is 47.7 Å². The number of Topliss-reactive ketones (excluding diaryl/α,β-unsaturated/α-hetero) is 1. The number of fused-ring (bicyclic) bond motifs is 2. The van der Waals surface area contributed by atoms with Gasteiger partial charge in [-0.15, -0.1) is 0 Å². The summed E-state index contributed by atoms with van der Waals surface area (Å²) in [4.78, 5) is 63.6. The average Bonchev–Trinajstić information content (AvgIpc) is 3.41. The number of carbonyl (C=O) groups excluding carboxylic acids is 5. The number of alkyl halides is 3. The minimum atomic E-state index is -4.75. The van der Waals surface area contributed by atoms with E-state index in [4.69, 9.17) is 4.74 Å². The van der Waals surface area contributed by atoms with E-state index in [0.29, 0.717) is 10.5 Å². The van der Waals surface area contributed by atoms with Gasteiger partial charge < -0.3 is 20.3 Å². The molecule has 1 aromatic rings. The molecule has 1 aromatic carbocycles. The van der Waals surface area contributed by atoms with Crippen LogP contribution in [0, 0.1) is 11.7 Å². The summed E-state index contributed by atoms with van der Waals surface area (Å²) in [6, 6.07) is 2.50. The Labute approximate surface area is 232 Å². The highest BCUT2D eigenvalue weighted by atomic mass is 19.4. The van der Waals surface area contributed by atoms with E-state index >= 15 is 0 Å². The molecule has 0 aromatic heterocycles. The molecule has 1 aliphatic heterocycles. The lowest BCUT2D eigenvalue weighted by Crippen LogP contribution is -2.50. The molecule has 1 heterocycles. The highest BCUT2D eigenvalue weighted by molar-refractivity contribution is 6.04. The largest absolute Gasteiger partial charge is 0.436 e. The van der Waals surface area contributed by atoms with Crippen molar-refractivity contribution in [3.05, 3.63) is 59.1 Å². The first-order chi connectivity index (χ1) is 19.2. The van der Waals surface area contributed by atoms with Crippen molar-refractivity contribution < 1.29 is 46.3 Å².